The second-order valence-corrected chi connectivity index (χ2v) is 7.44. The average molecular weight is 398 g/mol. The Morgan fingerprint density at radius 3 is 2.59 bits per heavy atom. The third kappa shape index (κ3) is 4.07. The van der Waals surface area contributed by atoms with Crippen molar-refractivity contribution in [3.8, 4) is 0 Å². The van der Waals surface area contributed by atoms with Crippen LogP contribution in [0.1, 0.15) is 32.4 Å². The van der Waals surface area contributed by atoms with Crippen molar-refractivity contribution >= 4 is 29.1 Å². The van der Waals surface area contributed by atoms with Crippen molar-refractivity contribution in [3.05, 3.63) is 36.2 Å². The summed E-state index contributed by atoms with van der Waals surface area (Å²) >= 11 is 1.02. The molecular weight excluding hydrogens is 381 g/mol. The van der Waals surface area contributed by atoms with Crippen molar-refractivity contribution in [2.24, 2.45) is 0 Å². The number of rotatable bonds is 5. The molecule has 3 heterocycles. The molecule has 0 fully saturated rings. The lowest BCUT2D eigenvalue weighted by molar-refractivity contribution is -0.137. The number of nitrogens with one attached hydrogen (secondary N) is 1. The summed E-state index contributed by atoms with van der Waals surface area (Å²) in [6, 6.07) is 3.93. The number of hydrogen-bond donors (Lipinski definition) is 1. The van der Waals surface area contributed by atoms with Gasteiger partial charge in [-0.25, -0.2) is 4.68 Å². The zero-order chi connectivity index (χ0) is 19.8. The van der Waals surface area contributed by atoms with E-state index in [1.54, 1.807) is 23.9 Å². The van der Waals surface area contributed by atoms with E-state index in [0.29, 0.717) is 5.82 Å². The number of thioether (sulfide) groups is 1. The summed E-state index contributed by atoms with van der Waals surface area (Å²) in [6.45, 7) is 5.51. The van der Waals surface area contributed by atoms with E-state index in [9.17, 15) is 18.0 Å². The zero-order valence-corrected chi connectivity index (χ0v) is 15.5. The van der Waals surface area contributed by atoms with Crippen LogP contribution in [-0.2, 0) is 11.0 Å². The van der Waals surface area contributed by atoms with Gasteiger partial charge < -0.3 is 5.32 Å². The quantitative estimate of drug-likeness (QED) is 0.664. The molecule has 0 saturated heterocycles. The number of fused-ring (bicyclic) bond motifs is 1. The first-order valence-electron chi connectivity index (χ1n) is 8.10. The molecule has 1 unspecified atom stereocenters. The molecule has 0 saturated carbocycles. The largest absolute Gasteiger partial charge is 0.417 e. The Hall–Kier alpha value is -2.56. The minimum Gasteiger partial charge on any atom is -0.310 e. The predicted octanol–water partition coefficient (Wildman–Crippen LogP) is 3.64. The maximum Gasteiger partial charge on any atom is 0.417 e. The van der Waals surface area contributed by atoms with Crippen molar-refractivity contribution in [1.82, 2.24) is 24.4 Å². The summed E-state index contributed by atoms with van der Waals surface area (Å²) in [5.41, 5.74) is -0.536. The topological polar surface area (TPSA) is 77.1 Å². The Kier molecular flexibility index (Phi) is 5.13. The predicted molar refractivity (Wildman–Crippen MR) is 94.5 cm³/mol. The molecule has 3 aromatic heterocycles. The van der Waals surface area contributed by atoms with Gasteiger partial charge in [0.25, 0.3) is 0 Å². The first kappa shape index (κ1) is 19.2. The number of carbonyl (C=O) groups excluding carboxylic acids is 1. The molecule has 7 nitrogen and oxygen atoms in total. The van der Waals surface area contributed by atoms with Crippen LogP contribution < -0.4 is 5.32 Å². The lowest BCUT2D eigenvalue weighted by Gasteiger charge is -2.14. The van der Waals surface area contributed by atoms with Gasteiger partial charge in [0.15, 0.2) is 10.8 Å². The Labute approximate surface area is 157 Å². The number of carbonyl (C=O) groups is 1. The molecule has 144 valence electrons. The lowest BCUT2D eigenvalue weighted by Crippen LogP contribution is -2.24. The maximum atomic E-state index is 12.9. The van der Waals surface area contributed by atoms with Crippen LogP contribution in [0.25, 0.3) is 5.65 Å². The molecule has 1 N–H and O–H groups in total. The Balaban J connectivity index is 1.78. The van der Waals surface area contributed by atoms with Crippen LogP contribution in [0, 0.1) is 0 Å². The van der Waals surface area contributed by atoms with E-state index in [2.05, 4.69) is 20.6 Å². The lowest BCUT2D eigenvalue weighted by atomic mass is 10.3. The third-order valence-corrected chi connectivity index (χ3v) is 4.82. The molecular formula is C16H17F3N6OS. The van der Waals surface area contributed by atoms with E-state index >= 15 is 0 Å². The highest BCUT2D eigenvalue weighted by atomic mass is 32.2. The normalized spacial score (nSPS) is 13.3. The molecule has 0 aromatic carbocycles. The van der Waals surface area contributed by atoms with Crippen molar-refractivity contribution < 1.29 is 18.0 Å². The van der Waals surface area contributed by atoms with Gasteiger partial charge in [-0.05, 0) is 32.9 Å². The van der Waals surface area contributed by atoms with Crippen LogP contribution in [0.5, 0.6) is 0 Å². The maximum absolute atomic E-state index is 12.9. The van der Waals surface area contributed by atoms with Crippen molar-refractivity contribution in [2.45, 2.75) is 43.4 Å². The van der Waals surface area contributed by atoms with Crippen LogP contribution in [-0.4, -0.2) is 35.5 Å². The number of aromatic nitrogens is 5. The van der Waals surface area contributed by atoms with Crippen LogP contribution in [0.2, 0.25) is 0 Å². The van der Waals surface area contributed by atoms with Crippen LogP contribution in [0.3, 0.4) is 0 Å². The Morgan fingerprint density at radius 1 is 1.19 bits per heavy atom. The van der Waals surface area contributed by atoms with Gasteiger partial charge in [0.05, 0.1) is 17.0 Å². The molecule has 0 aliphatic carbocycles. The molecule has 0 radical (unpaired) electrons. The van der Waals surface area contributed by atoms with E-state index in [4.69, 9.17) is 0 Å². The molecule has 1 atom stereocenters. The molecule has 3 aromatic rings. The van der Waals surface area contributed by atoms with Crippen molar-refractivity contribution in [1.29, 1.82) is 0 Å². The smallest absolute Gasteiger partial charge is 0.310 e. The number of nitrogens with zero attached hydrogens (tertiary/aromatic N) is 5. The second-order valence-electron chi connectivity index (χ2n) is 6.13. The molecule has 3 rings (SSSR count). The summed E-state index contributed by atoms with van der Waals surface area (Å²) < 4.78 is 41.7. The summed E-state index contributed by atoms with van der Waals surface area (Å²) in [5.74, 6) is 0.235. The van der Waals surface area contributed by atoms with Gasteiger partial charge in [-0.2, -0.15) is 18.3 Å². The Morgan fingerprint density at radius 2 is 1.93 bits per heavy atom. The SMILES string of the molecule is CC(Sc1nnc2ccc(C(F)(F)F)cn12)C(=O)Nc1ccnn1C(C)C. The van der Waals surface area contributed by atoms with Crippen LogP contribution >= 0.6 is 11.8 Å². The molecule has 1 amide bonds. The van der Waals surface area contributed by atoms with Gasteiger partial charge >= 0.3 is 6.18 Å². The summed E-state index contributed by atoms with van der Waals surface area (Å²) in [6.07, 6.45) is -1.97. The van der Waals surface area contributed by atoms with E-state index in [1.807, 2.05) is 13.8 Å². The van der Waals surface area contributed by atoms with Gasteiger partial charge in [0, 0.05) is 18.3 Å². The molecule has 0 aliphatic heterocycles. The number of pyridine rings is 1. The minimum atomic E-state index is -4.47. The highest BCUT2D eigenvalue weighted by molar-refractivity contribution is 8.00. The van der Waals surface area contributed by atoms with Gasteiger partial charge in [0.2, 0.25) is 5.91 Å². The summed E-state index contributed by atoms with van der Waals surface area (Å²) in [4.78, 5) is 12.5. The number of halogens is 3. The summed E-state index contributed by atoms with van der Waals surface area (Å²) in [7, 11) is 0. The van der Waals surface area contributed by atoms with Gasteiger partial charge in [0.1, 0.15) is 5.82 Å². The summed E-state index contributed by atoms with van der Waals surface area (Å²) in [5, 5.41) is 14.2. The minimum absolute atomic E-state index is 0.0690. The molecule has 0 bridgehead atoms. The van der Waals surface area contributed by atoms with Crippen molar-refractivity contribution in [2.75, 3.05) is 5.32 Å². The van der Waals surface area contributed by atoms with Gasteiger partial charge in [-0.3, -0.25) is 9.20 Å². The first-order valence-corrected chi connectivity index (χ1v) is 8.98. The molecule has 0 spiro atoms. The van der Waals surface area contributed by atoms with Crippen LogP contribution in [0.4, 0.5) is 19.0 Å². The van der Waals surface area contributed by atoms with Gasteiger partial charge in [-0.1, -0.05) is 11.8 Å². The number of hydrogen-bond acceptors (Lipinski definition) is 5. The number of anilines is 1. The van der Waals surface area contributed by atoms with Crippen LogP contribution in [0.15, 0.2) is 35.7 Å². The highest BCUT2D eigenvalue weighted by Crippen LogP contribution is 2.31. The molecule has 11 heteroatoms. The second kappa shape index (κ2) is 7.22. The van der Waals surface area contributed by atoms with E-state index in [-0.39, 0.29) is 22.8 Å². The third-order valence-electron chi connectivity index (χ3n) is 3.76. The monoisotopic (exact) mass is 398 g/mol. The fourth-order valence-electron chi connectivity index (χ4n) is 2.38. The fraction of sp³-hybridized carbons (Fsp3) is 0.375. The van der Waals surface area contributed by atoms with Crippen molar-refractivity contribution in [3.63, 3.8) is 0 Å². The first-order chi connectivity index (χ1) is 12.7. The fourth-order valence-corrected chi connectivity index (χ4v) is 3.21. The number of alkyl halides is 3. The number of amides is 1. The van der Waals surface area contributed by atoms with E-state index < -0.39 is 17.0 Å². The van der Waals surface area contributed by atoms with E-state index in [0.717, 1.165) is 24.0 Å². The van der Waals surface area contributed by atoms with E-state index in [1.165, 1.54) is 10.5 Å². The highest BCUT2D eigenvalue weighted by Gasteiger charge is 2.31. The average Bonchev–Trinajstić information content (AvgIpc) is 3.20. The van der Waals surface area contributed by atoms with Gasteiger partial charge in [-0.15, -0.1) is 10.2 Å². The zero-order valence-electron chi connectivity index (χ0n) is 14.7. The Bertz CT molecular complexity index is 965. The molecule has 27 heavy (non-hydrogen) atoms. The molecule has 0 aliphatic rings. The standard InChI is InChI=1S/C16H17F3N6OS/c1-9(2)25-12(6-7-20-25)21-14(26)10(3)27-15-23-22-13-5-4-11(8-24(13)15)16(17,18)19/h4-10H,1-3H3,(H,21,26).